The number of hydrogen-bond donors (Lipinski definition) is 2. The first kappa shape index (κ1) is 27.3. The summed E-state index contributed by atoms with van der Waals surface area (Å²) >= 11 is 0. The van der Waals surface area contributed by atoms with Crippen molar-refractivity contribution in [1.82, 2.24) is 0 Å². The number of epoxide rings is 1. The number of esters is 4. The molecule has 0 bridgehead atoms. The van der Waals surface area contributed by atoms with E-state index in [0.29, 0.717) is 5.57 Å². The van der Waals surface area contributed by atoms with E-state index in [4.69, 9.17) is 23.7 Å². The van der Waals surface area contributed by atoms with E-state index < -0.39 is 82.5 Å². The molecular weight excluding hydrogens is 488 g/mol. The van der Waals surface area contributed by atoms with E-state index in [-0.39, 0.29) is 6.42 Å². The molecule has 2 saturated heterocycles. The first-order valence-corrected chi connectivity index (χ1v) is 12.2. The molecule has 0 aromatic heterocycles. The Balaban J connectivity index is 2.02. The lowest BCUT2D eigenvalue weighted by molar-refractivity contribution is -0.219. The van der Waals surface area contributed by atoms with Gasteiger partial charge in [-0.1, -0.05) is 13.0 Å². The fourth-order valence-electron chi connectivity index (χ4n) is 6.43. The van der Waals surface area contributed by atoms with Crippen LogP contribution in [-0.2, 0) is 42.9 Å². The molecule has 0 radical (unpaired) electrons. The molecule has 11 nitrogen and oxygen atoms in total. The summed E-state index contributed by atoms with van der Waals surface area (Å²) in [7, 11) is 0. The van der Waals surface area contributed by atoms with Gasteiger partial charge in [0.15, 0.2) is 17.3 Å². The molecule has 11 heteroatoms. The van der Waals surface area contributed by atoms with Gasteiger partial charge in [-0.3, -0.25) is 14.4 Å². The van der Waals surface area contributed by atoms with E-state index >= 15 is 0 Å². The Kier molecular flexibility index (Phi) is 6.37. The van der Waals surface area contributed by atoms with E-state index in [2.05, 4.69) is 0 Å². The maximum Gasteiger partial charge on any atom is 0.342 e. The third-order valence-electron chi connectivity index (χ3n) is 8.32. The lowest BCUT2D eigenvalue weighted by Crippen LogP contribution is -2.67. The number of ether oxygens (including phenoxy) is 5. The summed E-state index contributed by atoms with van der Waals surface area (Å²) in [6.45, 7) is 9.86. The molecule has 0 saturated carbocycles. The van der Waals surface area contributed by atoms with E-state index in [1.165, 1.54) is 46.8 Å². The van der Waals surface area contributed by atoms with Gasteiger partial charge < -0.3 is 33.9 Å². The van der Waals surface area contributed by atoms with Gasteiger partial charge in [-0.15, -0.1) is 0 Å². The van der Waals surface area contributed by atoms with Crippen molar-refractivity contribution in [3.63, 3.8) is 0 Å². The molecule has 0 aromatic carbocycles. The van der Waals surface area contributed by atoms with Gasteiger partial charge in [0, 0.05) is 38.5 Å². The number of carbonyl (C=O) groups is 4. The van der Waals surface area contributed by atoms with Gasteiger partial charge in [-0.2, -0.15) is 0 Å². The van der Waals surface area contributed by atoms with Gasteiger partial charge in [0.2, 0.25) is 0 Å². The Bertz CT molecular complexity index is 1090. The maximum atomic E-state index is 12.9. The zero-order valence-corrected chi connectivity index (χ0v) is 22.0. The summed E-state index contributed by atoms with van der Waals surface area (Å²) in [5.74, 6) is -3.85. The average Bonchev–Trinajstić information content (AvgIpc) is 3.34. The molecule has 1 spiro atoms. The van der Waals surface area contributed by atoms with E-state index in [1.807, 2.05) is 0 Å². The highest BCUT2D eigenvalue weighted by atomic mass is 16.7. The van der Waals surface area contributed by atoms with Crippen molar-refractivity contribution in [3.8, 4) is 0 Å². The van der Waals surface area contributed by atoms with Crippen LogP contribution in [0.5, 0.6) is 0 Å². The molecule has 0 amide bonds. The van der Waals surface area contributed by atoms with Crippen molar-refractivity contribution >= 4 is 23.9 Å². The van der Waals surface area contributed by atoms with Crippen LogP contribution in [0.4, 0.5) is 0 Å². The number of aliphatic hydroxyl groups excluding tert-OH is 1. The van der Waals surface area contributed by atoms with Crippen molar-refractivity contribution in [3.05, 3.63) is 23.8 Å². The van der Waals surface area contributed by atoms with Crippen LogP contribution in [0.1, 0.15) is 54.9 Å². The molecule has 204 valence electrons. The number of aliphatic hydroxyl groups is 2. The van der Waals surface area contributed by atoms with Crippen LogP contribution in [0.25, 0.3) is 0 Å². The van der Waals surface area contributed by atoms with Crippen LogP contribution in [-0.4, -0.2) is 81.4 Å². The second-order valence-electron chi connectivity index (χ2n) is 11.0. The Labute approximate surface area is 214 Å². The fourth-order valence-corrected chi connectivity index (χ4v) is 6.43. The van der Waals surface area contributed by atoms with Crippen LogP contribution in [0.15, 0.2) is 23.8 Å². The van der Waals surface area contributed by atoms with Crippen LogP contribution >= 0.6 is 0 Å². The van der Waals surface area contributed by atoms with Crippen molar-refractivity contribution in [2.45, 2.75) is 102 Å². The molecule has 4 aliphatic rings. The fraction of sp³-hybridized carbons (Fsp3) is 0.692. The quantitative estimate of drug-likeness (QED) is 0.235. The molecule has 10 atom stereocenters. The molecule has 2 aliphatic carbocycles. The third kappa shape index (κ3) is 3.98. The van der Waals surface area contributed by atoms with Gasteiger partial charge in [0.1, 0.15) is 23.9 Å². The summed E-state index contributed by atoms with van der Waals surface area (Å²) in [5, 5.41) is 23.1. The monoisotopic (exact) mass is 522 g/mol. The average molecular weight is 523 g/mol. The van der Waals surface area contributed by atoms with Crippen LogP contribution in [0.2, 0.25) is 0 Å². The highest BCUT2D eigenvalue weighted by molar-refractivity contribution is 5.89. The predicted molar refractivity (Wildman–Crippen MR) is 125 cm³/mol. The Morgan fingerprint density at radius 3 is 2.16 bits per heavy atom. The first-order valence-electron chi connectivity index (χ1n) is 12.2. The summed E-state index contributed by atoms with van der Waals surface area (Å²) < 4.78 is 28.7. The normalized spacial score (nSPS) is 47.7. The lowest BCUT2D eigenvalue weighted by atomic mass is 9.55. The molecule has 2 fully saturated rings. The topological polar surface area (TPSA) is 158 Å². The van der Waals surface area contributed by atoms with Gasteiger partial charge >= 0.3 is 23.9 Å². The molecule has 37 heavy (non-hydrogen) atoms. The SMILES string of the molecule is CC(=O)O[C@H]1C=C[C@]2(C)[C@@H](OC(C)=O)C[C@@H](O)/C(C)=C\[C@@H]3OC(=O)[C@]4(C)O[C@]34[C@@H](OC(C)=O)[C@H]2[C@@]1(C)O. The Morgan fingerprint density at radius 2 is 1.62 bits per heavy atom. The van der Waals surface area contributed by atoms with Crippen LogP contribution in [0.3, 0.4) is 0 Å². The Hall–Kier alpha value is -2.76. The van der Waals surface area contributed by atoms with Gasteiger partial charge in [0.05, 0.1) is 6.10 Å². The molecule has 2 N–H and O–H groups in total. The number of rotatable bonds is 3. The highest BCUT2D eigenvalue weighted by Gasteiger charge is 2.87. The van der Waals surface area contributed by atoms with Crippen molar-refractivity contribution in [1.29, 1.82) is 0 Å². The standard InChI is InChI=1S/C26H34O11/c1-12-10-19-26(25(7,37-26)22(31)36-19)21(35-15(4)29)20-23(5,18(11-16(12)30)34-14(3)28)9-8-17(24(20,6)32)33-13(2)27/h8-10,16-21,30,32H,11H2,1-7H3/b12-10-/t16-,17+,18+,19+,20-,21+,23-,24+,25+,26+/m1/s1. The number of hydrogen-bond acceptors (Lipinski definition) is 11. The molecule has 0 aromatic rings. The van der Waals surface area contributed by atoms with E-state index in [1.54, 1.807) is 19.9 Å². The Morgan fingerprint density at radius 1 is 1.03 bits per heavy atom. The van der Waals surface area contributed by atoms with Crippen molar-refractivity contribution in [2.24, 2.45) is 11.3 Å². The predicted octanol–water partition coefficient (Wildman–Crippen LogP) is 0.889. The summed E-state index contributed by atoms with van der Waals surface area (Å²) in [6.07, 6.45) is -1.14. The largest absolute Gasteiger partial charge is 0.462 e. The second-order valence-corrected chi connectivity index (χ2v) is 11.0. The van der Waals surface area contributed by atoms with Gasteiger partial charge in [0.25, 0.3) is 0 Å². The smallest absolute Gasteiger partial charge is 0.342 e. The minimum absolute atomic E-state index is 0.0772. The maximum absolute atomic E-state index is 12.9. The molecular formula is C26H34O11. The third-order valence-corrected chi connectivity index (χ3v) is 8.32. The van der Waals surface area contributed by atoms with Gasteiger partial charge in [-0.25, -0.2) is 4.79 Å². The summed E-state index contributed by atoms with van der Waals surface area (Å²) in [4.78, 5) is 49.5. The lowest BCUT2D eigenvalue weighted by Gasteiger charge is -2.55. The van der Waals surface area contributed by atoms with Gasteiger partial charge in [-0.05, 0) is 38.5 Å². The zero-order chi connectivity index (χ0) is 27.7. The number of carbonyl (C=O) groups excluding carboxylic acids is 4. The van der Waals surface area contributed by atoms with Crippen LogP contribution < -0.4 is 0 Å². The summed E-state index contributed by atoms with van der Waals surface area (Å²) in [6, 6.07) is 0. The molecule has 0 unspecified atom stereocenters. The van der Waals surface area contributed by atoms with E-state index in [0.717, 1.165) is 0 Å². The number of fused-ring (bicyclic) bond motifs is 1. The van der Waals surface area contributed by atoms with Crippen LogP contribution in [0, 0.1) is 11.3 Å². The van der Waals surface area contributed by atoms with Crippen molar-refractivity contribution in [2.75, 3.05) is 0 Å². The van der Waals surface area contributed by atoms with E-state index in [9.17, 15) is 29.4 Å². The summed E-state index contributed by atoms with van der Waals surface area (Å²) in [5.41, 5.74) is -5.89. The molecule has 2 heterocycles. The first-order chi connectivity index (χ1) is 17.0. The second kappa shape index (κ2) is 8.64. The van der Waals surface area contributed by atoms with Crippen molar-refractivity contribution < 1.29 is 53.1 Å². The zero-order valence-electron chi connectivity index (χ0n) is 22.0. The highest BCUT2D eigenvalue weighted by Crippen LogP contribution is 2.65. The minimum atomic E-state index is -1.92. The molecule has 4 rings (SSSR count). The molecule has 2 aliphatic heterocycles. The minimum Gasteiger partial charge on any atom is -0.462 e.